The summed E-state index contributed by atoms with van der Waals surface area (Å²) in [5.41, 5.74) is 2.82. The maximum absolute atomic E-state index is 12.0. The van der Waals surface area contributed by atoms with Crippen LogP contribution in [0.25, 0.3) is 5.70 Å². The van der Waals surface area contributed by atoms with Gasteiger partial charge in [0.05, 0.1) is 13.5 Å². The van der Waals surface area contributed by atoms with Gasteiger partial charge in [0.25, 0.3) is 5.95 Å². The van der Waals surface area contributed by atoms with Crippen molar-refractivity contribution in [3.8, 4) is 5.75 Å². The van der Waals surface area contributed by atoms with Crippen molar-refractivity contribution in [1.82, 2.24) is 14.8 Å². The number of halogens is 1. The normalized spacial score (nSPS) is 14.3. The Balaban J connectivity index is 0.00000289. The fourth-order valence-electron chi connectivity index (χ4n) is 3.28. The number of methoxy groups -OCH3 is 1. The van der Waals surface area contributed by atoms with Gasteiger partial charge in [-0.3, -0.25) is 14.9 Å². The Morgan fingerprint density at radius 1 is 1.12 bits per heavy atom. The van der Waals surface area contributed by atoms with Crippen molar-refractivity contribution in [3.63, 3.8) is 0 Å². The van der Waals surface area contributed by atoms with E-state index in [4.69, 9.17) is 9.84 Å². The van der Waals surface area contributed by atoms with Crippen molar-refractivity contribution >= 4 is 41.9 Å². The average molecular weight is 456 g/mol. The first kappa shape index (κ1) is 22.8. The molecule has 1 aromatic heterocycles. The molecule has 1 aliphatic rings. The fourth-order valence-corrected chi connectivity index (χ4v) is 3.28. The van der Waals surface area contributed by atoms with E-state index in [0.29, 0.717) is 5.95 Å². The Hall–Kier alpha value is -3.85. The predicted molar refractivity (Wildman–Crippen MR) is 122 cm³/mol. The highest BCUT2D eigenvalue weighted by Gasteiger charge is 2.26. The molecule has 0 fully saturated rings. The van der Waals surface area contributed by atoms with Crippen LogP contribution in [0.3, 0.4) is 0 Å². The number of nitrogens with one attached hydrogen (secondary N) is 2. The Bertz CT molecular complexity index is 1130. The molecule has 9 nitrogen and oxygen atoms in total. The predicted octanol–water partition coefficient (Wildman–Crippen LogP) is 3.57. The zero-order valence-corrected chi connectivity index (χ0v) is 18.0. The number of amides is 1. The fraction of sp³-hybridized carbons (Fsp3) is 0.182. The molecule has 0 saturated heterocycles. The monoisotopic (exact) mass is 455 g/mol. The molecule has 1 atom stereocenters. The van der Waals surface area contributed by atoms with Crippen molar-refractivity contribution in [3.05, 3.63) is 71.8 Å². The number of carbonyl (C=O) groups excluding carboxylic acids is 1. The van der Waals surface area contributed by atoms with Crippen molar-refractivity contribution in [1.29, 1.82) is 0 Å². The van der Waals surface area contributed by atoms with E-state index in [9.17, 15) is 9.59 Å². The number of anilines is 2. The van der Waals surface area contributed by atoms with Gasteiger partial charge in [0.1, 0.15) is 11.8 Å². The molecular formula is C22H22ClN5O4. The molecule has 3 N–H and O–H groups in total. The smallest absolute Gasteiger partial charge is 0.303 e. The second kappa shape index (κ2) is 9.97. The summed E-state index contributed by atoms with van der Waals surface area (Å²) in [4.78, 5) is 27.1. The van der Waals surface area contributed by atoms with Gasteiger partial charge >= 0.3 is 5.97 Å². The Kier molecular flexibility index (Phi) is 7.11. The number of carbonyl (C=O) groups is 2. The van der Waals surface area contributed by atoms with E-state index in [1.807, 2.05) is 60.7 Å². The lowest BCUT2D eigenvalue weighted by Crippen LogP contribution is -2.20. The van der Waals surface area contributed by atoms with Crippen molar-refractivity contribution in [2.45, 2.75) is 18.9 Å². The van der Waals surface area contributed by atoms with Crippen molar-refractivity contribution < 1.29 is 19.4 Å². The van der Waals surface area contributed by atoms with Gasteiger partial charge in [0, 0.05) is 12.1 Å². The number of hydrogen-bond acceptors (Lipinski definition) is 6. The number of rotatable bonds is 7. The second-order valence-corrected chi connectivity index (χ2v) is 6.93. The summed E-state index contributed by atoms with van der Waals surface area (Å²) in [5, 5.41) is 19.0. The Morgan fingerprint density at radius 3 is 2.50 bits per heavy atom. The molecule has 1 amide bonds. The number of nitrogens with zero attached hydrogens (tertiary/aromatic N) is 3. The number of fused-ring (bicyclic) bond motifs is 1. The van der Waals surface area contributed by atoms with E-state index in [2.05, 4.69) is 20.7 Å². The number of carboxylic acids is 1. The third-order valence-electron chi connectivity index (χ3n) is 4.83. The summed E-state index contributed by atoms with van der Waals surface area (Å²) in [6.45, 7) is 0. The number of carboxylic acid groups (broad SMARTS) is 1. The highest BCUT2D eigenvalue weighted by atomic mass is 35.5. The minimum absolute atomic E-state index is 0. The molecule has 0 spiro atoms. The minimum atomic E-state index is -1.04. The van der Waals surface area contributed by atoms with Gasteiger partial charge in [-0.25, -0.2) is 4.68 Å². The van der Waals surface area contributed by atoms with E-state index in [0.717, 1.165) is 22.6 Å². The molecule has 0 saturated carbocycles. The molecule has 4 rings (SSSR count). The van der Waals surface area contributed by atoms with Crippen LogP contribution in [-0.2, 0) is 9.59 Å². The molecular weight excluding hydrogens is 434 g/mol. The van der Waals surface area contributed by atoms with Crippen LogP contribution >= 0.6 is 12.4 Å². The maximum Gasteiger partial charge on any atom is 0.303 e. The van der Waals surface area contributed by atoms with Crippen molar-refractivity contribution in [2.75, 3.05) is 17.7 Å². The maximum atomic E-state index is 12.0. The number of aliphatic carboxylic acids is 1. The second-order valence-electron chi connectivity index (χ2n) is 6.93. The summed E-state index contributed by atoms with van der Waals surface area (Å²) >= 11 is 0. The number of ether oxygens (including phenoxy) is 1. The first-order chi connectivity index (χ1) is 15.0. The third kappa shape index (κ3) is 5.06. The van der Waals surface area contributed by atoms with Gasteiger partial charge < -0.3 is 15.2 Å². The number of aromatic nitrogens is 3. The molecule has 10 heteroatoms. The van der Waals surface area contributed by atoms with Crippen LogP contribution in [0.2, 0.25) is 0 Å². The van der Waals surface area contributed by atoms with Gasteiger partial charge in [-0.2, -0.15) is 4.98 Å². The third-order valence-corrected chi connectivity index (χ3v) is 4.83. The first-order valence-electron chi connectivity index (χ1n) is 9.70. The average Bonchev–Trinajstić information content (AvgIpc) is 3.20. The van der Waals surface area contributed by atoms with Crippen LogP contribution in [0.1, 0.15) is 30.0 Å². The van der Waals surface area contributed by atoms with E-state index in [1.165, 1.54) is 0 Å². The quantitative estimate of drug-likeness (QED) is 0.498. The zero-order chi connectivity index (χ0) is 21.8. The summed E-state index contributed by atoms with van der Waals surface area (Å²) in [6.07, 6.45) is 1.63. The van der Waals surface area contributed by atoms with E-state index in [1.54, 1.807) is 11.8 Å². The van der Waals surface area contributed by atoms with Crippen LogP contribution < -0.4 is 15.4 Å². The number of benzene rings is 2. The largest absolute Gasteiger partial charge is 0.497 e. The van der Waals surface area contributed by atoms with Gasteiger partial charge in [0.2, 0.25) is 11.9 Å². The standard InChI is InChI=1S/C22H21N5O4.ClH/c1-31-16-9-7-15(8-10-16)18-13-17(14-5-3-2-4-6-14)23-22-25-21(26-27(18)22)24-19(28)11-12-20(29)30;/h2-10,13,18H,11-12H2,1H3,(H,29,30)(H2,23,24,25,26,28);1H. The van der Waals surface area contributed by atoms with E-state index < -0.39 is 11.9 Å². The van der Waals surface area contributed by atoms with Crippen LogP contribution in [0, 0.1) is 0 Å². The molecule has 0 aliphatic carbocycles. The SMILES string of the molecule is COc1ccc(C2C=C(c3ccccc3)Nc3nc(NC(=O)CCC(=O)O)nn32)cc1.Cl. The lowest BCUT2D eigenvalue weighted by atomic mass is 10.0. The van der Waals surface area contributed by atoms with Crippen LogP contribution in [-0.4, -0.2) is 38.9 Å². The molecule has 0 bridgehead atoms. The minimum Gasteiger partial charge on any atom is -0.497 e. The lowest BCUT2D eigenvalue weighted by molar-refractivity contribution is -0.138. The molecule has 0 radical (unpaired) electrons. The molecule has 1 unspecified atom stereocenters. The highest BCUT2D eigenvalue weighted by Crippen LogP contribution is 2.33. The summed E-state index contributed by atoms with van der Waals surface area (Å²) in [7, 11) is 1.61. The zero-order valence-electron chi connectivity index (χ0n) is 17.2. The molecule has 2 heterocycles. The summed E-state index contributed by atoms with van der Waals surface area (Å²) in [6, 6.07) is 17.2. The highest BCUT2D eigenvalue weighted by molar-refractivity contribution is 5.91. The van der Waals surface area contributed by atoms with Crippen LogP contribution in [0.4, 0.5) is 11.9 Å². The van der Waals surface area contributed by atoms with Gasteiger partial charge in [-0.15, -0.1) is 17.5 Å². The summed E-state index contributed by atoms with van der Waals surface area (Å²) in [5.74, 6) is -0.169. The van der Waals surface area contributed by atoms with Gasteiger partial charge in [-0.05, 0) is 29.3 Å². The van der Waals surface area contributed by atoms with Gasteiger partial charge in [-0.1, -0.05) is 42.5 Å². The van der Waals surface area contributed by atoms with Crippen LogP contribution in [0.5, 0.6) is 5.75 Å². The Morgan fingerprint density at radius 2 is 1.84 bits per heavy atom. The van der Waals surface area contributed by atoms with E-state index >= 15 is 0 Å². The van der Waals surface area contributed by atoms with E-state index in [-0.39, 0.29) is 37.2 Å². The van der Waals surface area contributed by atoms with Crippen molar-refractivity contribution in [2.24, 2.45) is 0 Å². The van der Waals surface area contributed by atoms with Gasteiger partial charge in [0.15, 0.2) is 0 Å². The topological polar surface area (TPSA) is 118 Å². The van der Waals surface area contributed by atoms with Crippen LogP contribution in [0.15, 0.2) is 60.7 Å². The molecule has 2 aromatic carbocycles. The molecule has 32 heavy (non-hydrogen) atoms. The molecule has 166 valence electrons. The molecule has 3 aromatic rings. The number of allylic oxidation sites excluding steroid dienone is 1. The molecule has 1 aliphatic heterocycles. The lowest BCUT2D eigenvalue weighted by Gasteiger charge is -2.24. The summed E-state index contributed by atoms with van der Waals surface area (Å²) < 4.78 is 6.93. The number of hydrogen-bond donors (Lipinski definition) is 3. The first-order valence-corrected chi connectivity index (χ1v) is 9.70. The Labute approximate surface area is 190 Å².